The number of halogens is 2. The zero-order chi connectivity index (χ0) is 25.9. The van der Waals surface area contributed by atoms with Gasteiger partial charge in [0.05, 0.1) is 5.92 Å². The normalized spacial score (nSPS) is 15.2. The van der Waals surface area contributed by atoms with Gasteiger partial charge in [0.2, 0.25) is 6.73 Å². The number of nitrogens with two attached hydrogens (primary N) is 1. The number of fused-ring (bicyclic) bond motifs is 3. The Balaban J connectivity index is 0.00000210. The van der Waals surface area contributed by atoms with Crippen molar-refractivity contribution in [3.8, 4) is 0 Å². The molecule has 0 amide bonds. The largest absolute Gasteiger partial charge is 1.00 e. The maximum absolute atomic E-state index is 13.5. The van der Waals surface area contributed by atoms with Crippen LogP contribution in [-0.2, 0) is 36.2 Å². The Hall–Kier alpha value is -3.33. The first-order chi connectivity index (χ1) is 18.0. The van der Waals surface area contributed by atoms with Crippen LogP contribution in [0.3, 0.4) is 0 Å². The molecule has 0 aliphatic heterocycles. The average Bonchev–Trinajstić information content (AvgIpc) is 3.41. The van der Waals surface area contributed by atoms with E-state index in [2.05, 4.69) is 15.2 Å². The molecule has 0 bridgehead atoms. The van der Waals surface area contributed by atoms with Crippen LogP contribution < -0.4 is 22.7 Å². The molecule has 2 aromatic heterocycles. The van der Waals surface area contributed by atoms with Crippen LogP contribution in [0.5, 0.6) is 0 Å². The number of aryl methyl sites for hydroxylation is 1. The van der Waals surface area contributed by atoms with E-state index in [-0.39, 0.29) is 43.2 Å². The van der Waals surface area contributed by atoms with Crippen molar-refractivity contribution in [2.24, 2.45) is 18.7 Å². The van der Waals surface area contributed by atoms with Crippen molar-refractivity contribution in [3.05, 3.63) is 89.6 Å². The molecule has 0 spiro atoms. The van der Waals surface area contributed by atoms with Crippen LogP contribution in [0.4, 0.5) is 4.79 Å². The number of imidazole rings is 1. The summed E-state index contributed by atoms with van der Waals surface area (Å²) in [5.74, 6) is 0.988. The first-order valence-corrected chi connectivity index (χ1v) is 12.7. The van der Waals surface area contributed by atoms with Crippen LogP contribution in [0.25, 0.3) is 10.9 Å². The molecule has 39 heavy (non-hydrogen) atoms. The summed E-state index contributed by atoms with van der Waals surface area (Å²) in [6, 6.07) is 17.6. The van der Waals surface area contributed by atoms with E-state index in [4.69, 9.17) is 15.2 Å². The number of hydrogen-bond acceptors (Lipinski definition) is 5. The van der Waals surface area contributed by atoms with E-state index in [0.29, 0.717) is 19.5 Å². The Morgan fingerprint density at radius 1 is 1.15 bits per heavy atom. The molecule has 5 rings (SSSR count). The molecule has 2 heterocycles. The van der Waals surface area contributed by atoms with Crippen LogP contribution in [-0.4, -0.2) is 27.6 Å². The number of carbonyl (C=O) groups is 2. The number of aromatic nitrogens is 3. The van der Waals surface area contributed by atoms with E-state index in [1.807, 2.05) is 79.5 Å². The Labute approximate surface area is 240 Å². The van der Waals surface area contributed by atoms with Crippen molar-refractivity contribution in [1.29, 1.82) is 0 Å². The molecule has 4 aromatic rings. The quantitative estimate of drug-likeness (QED) is 0.256. The van der Waals surface area contributed by atoms with Gasteiger partial charge in [0, 0.05) is 42.6 Å². The zero-order valence-corrected chi connectivity index (χ0v) is 23.7. The number of ether oxygens (including phenoxy) is 2. The first kappa shape index (κ1) is 30.2. The lowest BCUT2D eigenvalue weighted by atomic mass is 9.85. The van der Waals surface area contributed by atoms with Crippen LogP contribution in [0.15, 0.2) is 67.0 Å². The lowest BCUT2D eigenvalue weighted by Gasteiger charge is -2.21. The molecule has 0 saturated carbocycles. The van der Waals surface area contributed by atoms with Crippen LogP contribution in [0, 0.1) is 12.8 Å². The fraction of sp³-hybridized carbons (Fsp3) is 0.345. The standard InChI is InChI=1S/C29H33N4O4.2ClH/c1-20-32(18-22-12-13-25-27(28(22)34)23-10-6-7-11-24(23)31(25)2)16-17-33(20)19-36-29(35)37-26(14-15-30)21-8-4-3-5-9-21;;/h3-11,16-17,22,26H,12-15,18-19,30H2,1-2H3;2*1H/q+1;;/p-1. The Morgan fingerprint density at radius 3 is 2.62 bits per heavy atom. The third-order valence-corrected chi connectivity index (χ3v) is 7.41. The number of ketones is 1. The summed E-state index contributed by atoms with van der Waals surface area (Å²) in [6.07, 6.45) is 4.77. The predicted molar refractivity (Wildman–Crippen MR) is 146 cm³/mol. The van der Waals surface area contributed by atoms with Gasteiger partial charge in [-0.15, -0.1) is 12.4 Å². The van der Waals surface area contributed by atoms with Gasteiger partial charge in [-0.05, 0) is 31.0 Å². The second-order valence-corrected chi connectivity index (χ2v) is 9.58. The fourth-order valence-corrected chi connectivity index (χ4v) is 5.33. The van der Waals surface area contributed by atoms with Crippen molar-refractivity contribution in [2.45, 2.75) is 45.6 Å². The van der Waals surface area contributed by atoms with Gasteiger partial charge in [-0.2, -0.15) is 4.57 Å². The van der Waals surface area contributed by atoms with Gasteiger partial charge in [-0.3, -0.25) is 4.79 Å². The number of rotatable bonds is 8. The van der Waals surface area contributed by atoms with E-state index in [1.54, 1.807) is 0 Å². The number of benzene rings is 2. The van der Waals surface area contributed by atoms with Crippen molar-refractivity contribution in [3.63, 3.8) is 0 Å². The maximum Gasteiger partial charge on any atom is 0.512 e. The topological polar surface area (TPSA) is 92.4 Å². The highest BCUT2D eigenvalue weighted by Gasteiger charge is 2.34. The highest BCUT2D eigenvalue weighted by molar-refractivity contribution is 6.11. The number of Topliss-reactive ketones (excluding diaryl/α,β-unsaturated/α-hetero) is 1. The molecule has 0 fully saturated rings. The van der Waals surface area contributed by atoms with Gasteiger partial charge in [0.1, 0.15) is 25.0 Å². The zero-order valence-electron chi connectivity index (χ0n) is 22.1. The van der Waals surface area contributed by atoms with Gasteiger partial charge in [-0.1, -0.05) is 48.5 Å². The molecule has 208 valence electrons. The minimum Gasteiger partial charge on any atom is -1.00 e. The third-order valence-electron chi connectivity index (χ3n) is 7.41. The molecule has 1 aliphatic rings. The monoisotopic (exact) mass is 572 g/mol. The second-order valence-electron chi connectivity index (χ2n) is 9.58. The molecule has 0 radical (unpaired) electrons. The summed E-state index contributed by atoms with van der Waals surface area (Å²) < 4.78 is 17.0. The minimum atomic E-state index is -0.743. The Morgan fingerprint density at radius 2 is 1.87 bits per heavy atom. The smallest absolute Gasteiger partial charge is 0.512 e. The van der Waals surface area contributed by atoms with Gasteiger partial charge in [0.15, 0.2) is 5.78 Å². The van der Waals surface area contributed by atoms with E-state index < -0.39 is 12.3 Å². The molecule has 2 unspecified atom stereocenters. The fourth-order valence-electron chi connectivity index (χ4n) is 5.33. The second kappa shape index (κ2) is 13.2. The summed E-state index contributed by atoms with van der Waals surface area (Å²) in [6.45, 7) is 2.95. The molecule has 2 aromatic carbocycles. The number of hydrogen-bond donors (Lipinski definition) is 1. The third kappa shape index (κ3) is 6.13. The minimum absolute atomic E-state index is 0. The van der Waals surface area contributed by atoms with E-state index in [1.165, 1.54) is 0 Å². The molecule has 8 nitrogen and oxygen atoms in total. The van der Waals surface area contributed by atoms with E-state index in [9.17, 15) is 9.59 Å². The number of nitrogens with zero attached hydrogens (tertiary/aromatic N) is 3. The molecule has 2 N–H and O–H groups in total. The maximum atomic E-state index is 13.5. The van der Waals surface area contributed by atoms with Crippen molar-refractivity contribution >= 4 is 35.2 Å². The molecule has 0 saturated heterocycles. The molecule has 2 atom stereocenters. The summed E-state index contributed by atoms with van der Waals surface area (Å²) in [5.41, 5.74) is 9.67. The molecule has 1 aliphatic carbocycles. The first-order valence-electron chi connectivity index (χ1n) is 12.7. The van der Waals surface area contributed by atoms with Crippen LogP contribution in [0.2, 0.25) is 0 Å². The molecule has 10 heteroatoms. The SMILES string of the molecule is Cc1n(CC2CCc3c(c4ccccc4n3C)C2=O)cc[n+]1COC(=O)OC(CCN)c1ccccc1.Cl.[Cl-]. The molecular formula is C29H34Cl2N4O4. The van der Waals surface area contributed by atoms with E-state index >= 15 is 0 Å². The highest BCUT2D eigenvalue weighted by Crippen LogP contribution is 2.34. The Kier molecular flexibility index (Phi) is 10.2. The van der Waals surface area contributed by atoms with Crippen molar-refractivity contribution in [1.82, 2.24) is 9.13 Å². The molecular weight excluding hydrogens is 539 g/mol. The van der Waals surface area contributed by atoms with Crippen LogP contribution >= 0.6 is 12.4 Å². The summed E-state index contributed by atoms with van der Waals surface area (Å²) in [5, 5.41) is 1.03. The average molecular weight is 574 g/mol. The summed E-state index contributed by atoms with van der Waals surface area (Å²) in [7, 11) is 2.04. The summed E-state index contributed by atoms with van der Waals surface area (Å²) >= 11 is 0. The Bertz CT molecular complexity index is 1430. The van der Waals surface area contributed by atoms with Gasteiger partial charge in [0.25, 0.3) is 5.82 Å². The van der Waals surface area contributed by atoms with Gasteiger partial charge < -0.3 is 32.2 Å². The predicted octanol–water partition coefficient (Wildman–Crippen LogP) is 1.65. The van der Waals surface area contributed by atoms with E-state index in [0.717, 1.165) is 46.4 Å². The van der Waals surface area contributed by atoms with Crippen LogP contribution in [0.1, 0.15) is 46.4 Å². The van der Waals surface area contributed by atoms with Gasteiger partial charge in [-0.25, -0.2) is 9.36 Å². The highest BCUT2D eigenvalue weighted by atomic mass is 35.5. The van der Waals surface area contributed by atoms with Gasteiger partial charge >= 0.3 is 6.16 Å². The number of carbonyl (C=O) groups excluding carboxylic acids is 2. The number of para-hydroxylation sites is 1. The lowest BCUT2D eigenvalue weighted by molar-refractivity contribution is -0.732. The lowest BCUT2D eigenvalue weighted by Crippen LogP contribution is -3.00. The van der Waals surface area contributed by atoms with Crippen molar-refractivity contribution in [2.75, 3.05) is 6.54 Å². The summed E-state index contributed by atoms with van der Waals surface area (Å²) in [4.78, 5) is 26.0. The van der Waals surface area contributed by atoms with Crippen molar-refractivity contribution < 1.29 is 36.0 Å².